The number of nitrogens with one attached hydrogen (secondary N) is 1. The fourth-order valence-corrected chi connectivity index (χ4v) is 2.16. The summed E-state index contributed by atoms with van der Waals surface area (Å²) in [5, 5.41) is 13.0. The SMILES string of the molecule is CCC(C)(CCCl)NC(=O)c1cc(Cl)ccc1O. The van der Waals surface area contributed by atoms with Crippen LogP contribution in [0.5, 0.6) is 5.75 Å². The van der Waals surface area contributed by atoms with Crippen molar-refractivity contribution in [1.29, 1.82) is 0 Å². The highest BCUT2D eigenvalue weighted by Gasteiger charge is 2.25. The molecule has 1 aromatic rings. The highest BCUT2D eigenvalue weighted by atomic mass is 35.5. The Kier molecular flexibility index (Phi) is 5.29. The Morgan fingerprint density at radius 3 is 2.72 bits per heavy atom. The number of carbonyl (C=O) groups excluding carboxylic acids is 1. The third kappa shape index (κ3) is 3.79. The van der Waals surface area contributed by atoms with Crippen LogP contribution < -0.4 is 5.32 Å². The number of phenolic OH excluding ortho intramolecular Hbond substituents is 1. The predicted molar refractivity (Wildman–Crippen MR) is 74.6 cm³/mol. The zero-order valence-corrected chi connectivity index (χ0v) is 12.0. The van der Waals surface area contributed by atoms with Crippen LogP contribution in [0.3, 0.4) is 0 Å². The van der Waals surface area contributed by atoms with Gasteiger partial charge in [0.05, 0.1) is 5.56 Å². The molecule has 1 unspecified atom stereocenters. The highest BCUT2D eigenvalue weighted by Crippen LogP contribution is 2.23. The van der Waals surface area contributed by atoms with Gasteiger partial charge in [0.1, 0.15) is 5.75 Å². The summed E-state index contributed by atoms with van der Waals surface area (Å²) in [7, 11) is 0. The first-order chi connectivity index (χ1) is 8.41. The molecular formula is C13H17Cl2NO2. The van der Waals surface area contributed by atoms with Crippen molar-refractivity contribution in [3.63, 3.8) is 0 Å². The van der Waals surface area contributed by atoms with E-state index in [4.69, 9.17) is 23.2 Å². The van der Waals surface area contributed by atoms with Gasteiger partial charge < -0.3 is 10.4 Å². The maximum absolute atomic E-state index is 12.1. The lowest BCUT2D eigenvalue weighted by Gasteiger charge is -2.29. The maximum Gasteiger partial charge on any atom is 0.255 e. The Labute approximate surface area is 117 Å². The molecule has 1 rings (SSSR count). The van der Waals surface area contributed by atoms with Gasteiger partial charge in [-0.25, -0.2) is 0 Å². The fourth-order valence-electron chi connectivity index (χ4n) is 1.57. The summed E-state index contributed by atoms with van der Waals surface area (Å²) in [5.74, 6) is 0.0391. The lowest BCUT2D eigenvalue weighted by molar-refractivity contribution is 0.0899. The number of alkyl halides is 1. The van der Waals surface area contributed by atoms with E-state index in [1.165, 1.54) is 18.2 Å². The molecule has 0 spiro atoms. The number of rotatable bonds is 5. The second-order valence-electron chi connectivity index (χ2n) is 4.47. The summed E-state index contributed by atoms with van der Waals surface area (Å²) in [4.78, 5) is 12.1. The van der Waals surface area contributed by atoms with Crippen LogP contribution in [0.4, 0.5) is 0 Å². The Hall–Kier alpha value is -0.930. The number of hydrogen-bond acceptors (Lipinski definition) is 2. The van der Waals surface area contributed by atoms with Crippen molar-refractivity contribution < 1.29 is 9.90 Å². The number of aromatic hydroxyl groups is 1. The molecule has 1 atom stereocenters. The van der Waals surface area contributed by atoms with Gasteiger partial charge in [-0.1, -0.05) is 18.5 Å². The van der Waals surface area contributed by atoms with Gasteiger partial charge in [-0.3, -0.25) is 4.79 Å². The molecule has 1 aromatic carbocycles. The van der Waals surface area contributed by atoms with Gasteiger partial charge in [0.15, 0.2) is 0 Å². The lowest BCUT2D eigenvalue weighted by Crippen LogP contribution is -2.45. The summed E-state index contributed by atoms with van der Waals surface area (Å²) in [6.45, 7) is 3.90. The van der Waals surface area contributed by atoms with Crippen LogP contribution in [0, 0.1) is 0 Å². The third-order valence-corrected chi connectivity index (χ3v) is 3.47. The van der Waals surface area contributed by atoms with Gasteiger partial charge in [-0.2, -0.15) is 0 Å². The molecule has 0 aliphatic carbocycles. The summed E-state index contributed by atoms with van der Waals surface area (Å²) in [5.41, 5.74) is -0.204. The molecule has 0 radical (unpaired) electrons. The highest BCUT2D eigenvalue weighted by molar-refractivity contribution is 6.31. The normalized spacial score (nSPS) is 14.0. The monoisotopic (exact) mass is 289 g/mol. The minimum Gasteiger partial charge on any atom is -0.507 e. The number of halogens is 2. The summed E-state index contributed by atoms with van der Waals surface area (Å²) in [6, 6.07) is 4.39. The van der Waals surface area contributed by atoms with E-state index in [0.29, 0.717) is 17.3 Å². The molecular weight excluding hydrogens is 273 g/mol. The number of benzene rings is 1. The fraction of sp³-hybridized carbons (Fsp3) is 0.462. The first kappa shape index (κ1) is 15.1. The molecule has 0 saturated heterocycles. The van der Waals surface area contributed by atoms with Crippen LogP contribution in [0.1, 0.15) is 37.0 Å². The summed E-state index contributed by atoms with van der Waals surface area (Å²) < 4.78 is 0. The maximum atomic E-state index is 12.1. The van der Waals surface area contributed by atoms with E-state index in [0.717, 1.165) is 6.42 Å². The van der Waals surface area contributed by atoms with Gasteiger partial charge >= 0.3 is 0 Å². The van der Waals surface area contributed by atoms with E-state index in [-0.39, 0.29) is 22.8 Å². The van der Waals surface area contributed by atoms with Crippen molar-refractivity contribution in [2.45, 2.75) is 32.2 Å². The van der Waals surface area contributed by atoms with Crippen LogP contribution in [-0.4, -0.2) is 22.4 Å². The second-order valence-corrected chi connectivity index (χ2v) is 5.28. The van der Waals surface area contributed by atoms with E-state index in [1.807, 2.05) is 13.8 Å². The van der Waals surface area contributed by atoms with Gasteiger partial charge in [-0.15, -0.1) is 11.6 Å². The largest absolute Gasteiger partial charge is 0.507 e. The van der Waals surface area contributed by atoms with E-state index >= 15 is 0 Å². The third-order valence-electron chi connectivity index (χ3n) is 3.05. The van der Waals surface area contributed by atoms with E-state index in [2.05, 4.69) is 5.32 Å². The van der Waals surface area contributed by atoms with Gasteiger partial charge in [0.2, 0.25) is 0 Å². The smallest absolute Gasteiger partial charge is 0.255 e. The molecule has 18 heavy (non-hydrogen) atoms. The Balaban J connectivity index is 2.90. The molecule has 0 aliphatic rings. The number of amides is 1. The Bertz CT molecular complexity index is 437. The van der Waals surface area contributed by atoms with Crippen molar-refractivity contribution in [2.75, 3.05) is 5.88 Å². The van der Waals surface area contributed by atoms with Gasteiger partial charge in [0, 0.05) is 16.4 Å². The Morgan fingerprint density at radius 1 is 1.50 bits per heavy atom. The molecule has 0 aliphatic heterocycles. The number of hydrogen-bond donors (Lipinski definition) is 2. The van der Waals surface area contributed by atoms with Crippen LogP contribution in [0.15, 0.2) is 18.2 Å². The molecule has 0 fully saturated rings. The van der Waals surface area contributed by atoms with Crippen molar-refractivity contribution in [2.24, 2.45) is 0 Å². The minimum atomic E-state index is -0.381. The van der Waals surface area contributed by atoms with Gasteiger partial charge in [-0.05, 0) is 38.0 Å². The summed E-state index contributed by atoms with van der Waals surface area (Å²) in [6.07, 6.45) is 1.42. The zero-order valence-electron chi connectivity index (χ0n) is 10.5. The van der Waals surface area contributed by atoms with Crippen LogP contribution in [0.25, 0.3) is 0 Å². The van der Waals surface area contributed by atoms with E-state index in [9.17, 15) is 9.90 Å². The molecule has 0 saturated carbocycles. The second kappa shape index (κ2) is 6.30. The first-order valence-corrected chi connectivity index (χ1v) is 6.70. The van der Waals surface area contributed by atoms with Crippen molar-refractivity contribution in [3.05, 3.63) is 28.8 Å². The van der Waals surface area contributed by atoms with Crippen molar-refractivity contribution >= 4 is 29.1 Å². The first-order valence-electron chi connectivity index (χ1n) is 5.79. The molecule has 0 heterocycles. The molecule has 0 bridgehead atoms. The standard InChI is InChI=1S/C13H17Cl2NO2/c1-3-13(2,6-7-14)16-12(18)10-8-9(15)4-5-11(10)17/h4-5,8,17H,3,6-7H2,1-2H3,(H,16,18). The van der Waals surface area contributed by atoms with Crippen molar-refractivity contribution in [1.82, 2.24) is 5.32 Å². The van der Waals surface area contributed by atoms with Crippen LogP contribution in [0.2, 0.25) is 5.02 Å². The van der Waals surface area contributed by atoms with Crippen LogP contribution >= 0.6 is 23.2 Å². The average molecular weight is 290 g/mol. The lowest BCUT2D eigenvalue weighted by atomic mass is 9.95. The number of phenols is 1. The summed E-state index contributed by atoms with van der Waals surface area (Å²) >= 11 is 11.5. The molecule has 100 valence electrons. The van der Waals surface area contributed by atoms with Gasteiger partial charge in [0.25, 0.3) is 5.91 Å². The van der Waals surface area contributed by atoms with E-state index in [1.54, 1.807) is 0 Å². The van der Waals surface area contributed by atoms with E-state index < -0.39 is 0 Å². The predicted octanol–water partition coefficient (Wildman–Crippen LogP) is 3.57. The molecule has 3 nitrogen and oxygen atoms in total. The molecule has 1 amide bonds. The topological polar surface area (TPSA) is 49.3 Å². The zero-order chi connectivity index (χ0) is 13.8. The van der Waals surface area contributed by atoms with Crippen molar-refractivity contribution in [3.8, 4) is 5.75 Å². The molecule has 5 heteroatoms. The average Bonchev–Trinajstić information content (AvgIpc) is 2.32. The number of carbonyl (C=O) groups is 1. The molecule has 0 aromatic heterocycles. The molecule has 2 N–H and O–H groups in total. The quantitative estimate of drug-likeness (QED) is 0.814. The Morgan fingerprint density at radius 2 is 2.17 bits per heavy atom. The van der Waals surface area contributed by atoms with Crippen LogP contribution in [-0.2, 0) is 0 Å². The minimum absolute atomic E-state index is 0.0822.